The van der Waals surface area contributed by atoms with E-state index in [-0.39, 0.29) is 5.95 Å². The quantitative estimate of drug-likeness (QED) is 0.458. The number of rotatable bonds is 7. The lowest BCUT2D eigenvalue weighted by atomic mass is 10.1. The number of aromatic nitrogens is 2. The summed E-state index contributed by atoms with van der Waals surface area (Å²) in [4.78, 5) is 6.44. The van der Waals surface area contributed by atoms with Gasteiger partial charge in [-0.25, -0.2) is 4.73 Å². The minimum atomic E-state index is 0.0223. The van der Waals surface area contributed by atoms with Gasteiger partial charge in [-0.05, 0) is 25.7 Å². The lowest BCUT2D eigenvalue weighted by Gasteiger charge is -2.27. The molecule has 1 saturated heterocycles. The van der Waals surface area contributed by atoms with Gasteiger partial charge in [-0.15, -0.1) is 0 Å². The Hall–Kier alpha value is -1.72. The summed E-state index contributed by atoms with van der Waals surface area (Å²) in [6.45, 7) is 4.97. The molecule has 6 nitrogen and oxygen atoms in total. The van der Waals surface area contributed by atoms with Gasteiger partial charge in [-0.3, -0.25) is 0 Å². The van der Waals surface area contributed by atoms with Crippen LogP contribution in [0.1, 0.15) is 51.9 Å². The second-order valence-corrected chi connectivity index (χ2v) is 5.69. The van der Waals surface area contributed by atoms with Gasteiger partial charge in [0.05, 0.1) is 6.07 Å². The van der Waals surface area contributed by atoms with Crippen LogP contribution in [0.3, 0.4) is 0 Å². The van der Waals surface area contributed by atoms with Crippen LogP contribution in [0.5, 0.6) is 0 Å². The zero-order chi connectivity index (χ0) is 15.1. The average Bonchev–Trinajstić information content (AvgIpc) is 2.51. The predicted molar refractivity (Wildman–Crippen MR) is 86.3 cm³/mol. The van der Waals surface area contributed by atoms with E-state index >= 15 is 0 Å². The van der Waals surface area contributed by atoms with Crippen molar-refractivity contribution < 1.29 is 4.73 Å². The van der Waals surface area contributed by atoms with Crippen molar-refractivity contribution in [2.75, 3.05) is 35.6 Å². The Labute approximate surface area is 126 Å². The van der Waals surface area contributed by atoms with E-state index in [0.29, 0.717) is 10.5 Å². The first kappa shape index (κ1) is 15.7. The van der Waals surface area contributed by atoms with Crippen molar-refractivity contribution in [2.45, 2.75) is 51.9 Å². The van der Waals surface area contributed by atoms with Gasteiger partial charge in [-0.2, -0.15) is 0 Å². The standard InChI is InChI=1S/C15H27N5O/c1-2-3-4-6-9-17-13-12-14(18-15(16)20(13)21)19-10-7-5-8-11-19/h12,17H,2-11H2,1H3,(H2,16,18). The summed E-state index contributed by atoms with van der Waals surface area (Å²) in [7, 11) is 0. The SMILES string of the molecule is CCCCCCNc1cc(N2CCCCC2)nc(N)[n+]1[O-]. The number of nitrogens with one attached hydrogen (secondary N) is 1. The van der Waals surface area contributed by atoms with Crippen LogP contribution in [0, 0.1) is 5.21 Å². The molecular weight excluding hydrogens is 266 g/mol. The zero-order valence-corrected chi connectivity index (χ0v) is 13.0. The van der Waals surface area contributed by atoms with Crippen molar-refractivity contribution in [1.29, 1.82) is 0 Å². The Bertz CT molecular complexity index is 446. The predicted octanol–water partition coefficient (Wildman–Crippen LogP) is 2.28. The molecule has 1 aliphatic heterocycles. The first-order valence-corrected chi connectivity index (χ1v) is 8.11. The molecule has 1 fully saturated rings. The molecule has 0 spiro atoms. The van der Waals surface area contributed by atoms with Gasteiger partial charge in [0.1, 0.15) is 0 Å². The Balaban J connectivity index is 2.00. The van der Waals surface area contributed by atoms with Gasteiger partial charge in [0.2, 0.25) is 0 Å². The third-order valence-electron chi connectivity index (χ3n) is 3.94. The number of hydrogen-bond donors (Lipinski definition) is 2. The maximum Gasteiger partial charge on any atom is 0.346 e. The molecule has 0 aliphatic carbocycles. The summed E-state index contributed by atoms with van der Waals surface area (Å²) in [6.07, 6.45) is 8.31. The van der Waals surface area contributed by atoms with Crippen molar-refractivity contribution in [3.8, 4) is 0 Å². The Morgan fingerprint density at radius 3 is 2.76 bits per heavy atom. The monoisotopic (exact) mass is 293 g/mol. The fraction of sp³-hybridized carbons (Fsp3) is 0.733. The Morgan fingerprint density at radius 1 is 1.29 bits per heavy atom. The minimum absolute atomic E-state index is 0.0223. The van der Waals surface area contributed by atoms with E-state index in [9.17, 15) is 5.21 Å². The van der Waals surface area contributed by atoms with Crippen LogP contribution in [-0.2, 0) is 0 Å². The molecule has 2 rings (SSSR count). The van der Waals surface area contributed by atoms with Crippen LogP contribution in [0.25, 0.3) is 0 Å². The first-order chi connectivity index (χ1) is 10.2. The van der Waals surface area contributed by atoms with E-state index < -0.39 is 0 Å². The van der Waals surface area contributed by atoms with Crippen molar-refractivity contribution in [2.24, 2.45) is 0 Å². The van der Waals surface area contributed by atoms with E-state index in [2.05, 4.69) is 22.1 Å². The first-order valence-electron chi connectivity index (χ1n) is 8.11. The highest BCUT2D eigenvalue weighted by atomic mass is 16.5. The fourth-order valence-electron chi connectivity index (χ4n) is 2.68. The number of piperidine rings is 1. The highest BCUT2D eigenvalue weighted by molar-refractivity contribution is 5.49. The molecule has 3 N–H and O–H groups in total. The number of nitrogens with zero attached hydrogens (tertiary/aromatic N) is 3. The second kappa shape index (κ2) is 7.90. The summed E-state index contributed by atoms with van der Waals surface area (Å²) in [6, 6.07) is 1.83. The van der Waals surface area contributed by atoms with E-state index in [1.54, 1.807) is 0 Å². The zero-order valence-electron chi connectivity index (χ0n) is 13.0. The molecular formula is C15H27N5O. The van der Waals surface area contributed by atoms with Gasteiger partial charge in [0.25, 0.3) is 0 Å². The summed E-state index contributed by atoms with van der Waals surface area (Å²) >= 11 is 0. The van der Waals surface area contributed by atoms with Crippen molar-refractivity contribution in [1.82, 2.24) is 4.98 Å². The second-order valence-electron chi connectivity index (χ2n) is 5.69. The summed E-state index contributed by atoms with van der Waals surface area (Å²) in [5.74, 6) is 1.35. The molecule has 0 atom stereocenters. The molecule has 0 radical (unpaired) electrons. The molecule has 2 heterocycles. The van der Waals surface area contributed by atoms with Crippen LogP contribution < -0.4 is 20.7 Å². The van der Waals surface area contributed by atoms with Gasteiger partial charge in [-0.1, -0.05) is 31.2 Å². The smallest absolute Gasteiger partial charge is 0.346 e. The van der Waals surface area contributed by atoms with E-state index in [4.69, 9.17) is 5.73 Å². The third-order valence-corrected chi connectivity index (χ3v) is 3.94. The lowest BCUT2D eigenvalue weighted by molar-refractivity contribution is -0.577. The average molecular weight is 293 g/mol. The number of hydrogen-bond acceptors (Lipinski definition) is 5. The summed E-state index contributed by atoms with van der Waals surface area (Å²) in [5.41, 5.74) is 5.75. The maximum absolute atomic E-state index is 12.0. The maximum atomic E-state index is 12.0. The number of unbranched alkanes of at least 4 members (excludes halogenated alkanes) is 3. The topological polar surface area (TPSA) is 81.1 Å². The third kappa shape index (κ3) is 4.37. The lowest BCUT2D eigenvalue weighted by Crippen LogP contribution is -2.38. The van der Waals surface area contributed by atoms with Crippen molar-refractivity contribution in [3.63, 3.8) is 0 Å². The highest BCUT2D eigenvalue weighted by Gasteiger charge is 2.18. The Morgan fingerprint density at radius 2 is 2.05 bits per heavy atom. The van der Waals surface area contributed by atoms with E-state index in [0.717, 1.165) is 31.9 Å². The normalized spacial score (nSPS) is 15.2. The molecule has 118 valence electrons. The van der Waals surface area contributed by atoms with Gasteiger partial charge in [0, 0.05) is 19.6 Å². The van der Waals surface area contributed by atoms with Gasteiger partial charge < -0.3 is 21.2 Å². The van der Waals surface area contributed by atoms with Crippen LogP contribution in [0.4, 0.5) is 17.6 Å². The molecule has 6 heteroatoms. The molecule has 0 aromatic carbocycles. The van der Waals surface area contributed by atoms with Crippen LogP contribution in [0.15, 0.2) is 6.07 Å². The van der Waals surface area contributed by atoms with Crippen molar-refractivity contribution in [3.05, 3.63) is 11.3 Å². The molecule has 21 heavy (non-hydrogen) atoms. The van der Waals surface area contributed by atoms with Gasteiger partial charge in [0.15, 0.2) is 11.6 Å². The van der Waals surface area contributed by atoms with E-state index in [1.807, 2.05) is 6.07 Å². The fourth-order valence-corrected chi connectivity index (χ4v) is 2.68. The molecule has 1 aliphatic rings. The molecule has 1 aromatic rings. The summed E-state index contributed by atoms with van der Waals surface area (Å²) < 4.78 is 0.688. The number of nitrogen functional groups attached to an aromatic ring is 1. The molecule has 0 bridgehead atoms. The van der Waals surface area contributed by atoms with E-state index in [1.165, 1.54) is 38.5 Å². The van der Waals surface area contributed by atoms with Gasteiger partial charge >= 0.3 is 5.95 Å². The number of anilines is 3. The number of nitrogens with two attached hydrogens (primary N) is 1. The summed E-state index contributed by atoms with van der Waals surface area (Å²) in [5, 5.41) is 15.2. The largest absolute Gasteiger partial charge is 0.754 e. The molecule has 0 amide bonds. The van der Waals surface area contributed by atoms with Crippen LogP contribution >= 0.6 is 0 Å². The highest BCUT2D eigenvalue weighted by Crippen LogP contribution is 2.20. The molecule has 0 unspecified atom stereocenters. The Kier molecular flexibility index (Phi) is 5.90. The molecule has 0 saturated carbocycles. The molecule has 1 aromatic heterocycles. The van der Waals surface area contributed by atoms with Crippen molar-refractivity contribution >= 4 is 17.6 Å². The van der Waals surface area contributed by atoms with Crippen LogP contribution in [-0.4, -0.2) is 24.6 Å². The van der Waals surface area contributed by atoms with Crippen LogP contribution in [0.2, 0.25) is 0 Å². The minimum Gasteiger partial charge on any atom is -0.754 e.